The monoisotopic (exact) mass is 252 g/mol. The minimum absolute atomic E-state index is 0.0757. The lowest BCUT2D eigenvalue weighted by molar-refractivity contribution is -0.123. The summed E-state index contributed by atoms with van der Waals surface area (Å²) in [5.74, 6) is -0.555. The smallest absolute Gasteiger partial charge is 0.371 e. The van der Waals surface area contributed by atoms with Crippen LogP contribution in [0.4, 0.5) is 0 Å². The van der Waals surface area contributed by atoms with Crippen LogP contribution in [-0.2, 0) is 11.3 Å². The van der Waals surface area contributed by atoms with E-state index < -0.39 is 5.97 Å². The fourth-order valence-electron chi connectivity index (χ4n) is 2.06. The normalized spacial score (nSPS) is 22.9. The van der Waals surface area contributed by atoms with Crippen LogP contribution in [0.1, 0.15) is 29.7 Å². The lowest BCUT2D eigenvalue weighted by Crippen LogP contribution is -2.42. The highest BCUT2D eigenvalue weighted by atomic mass is 16.4. The van der Waals surface area contributed by atoms with E-state index in [9.17, 15) is 9.59 Å². The zero-order valence-corrected chi connectivity index (χ0v) is 10.1. The van der Waals surface area contributed by atoms with Crippen molar-refractivity contribution < 1.29 is 19.1 Å². The molecule has 0 aliphatic carbocycles. The number of hydrogen-bond acceptors (Lipinski definition) is 4. The van der Waals surface area contributed by atoms with E-state index in [-0.39, 0.29) is 24.3 Å². The Morgan fingerprint density at radius 1 is 1.56 bits per heavy atom. The third kappa shape index (κ3) is 2.70. The van der Waals surface area contributed by atoms with E-state index in [2.05, 4.69) is 10.6 Å². The standard InChI is InChI=1S/C12H16N2O4/c1-7-4-5-13-10(7)11(15)14-6-8-2-3-9(18-8)12(16)17/h2-3,7,10,13H,4-6H2,1H3,(H,14,15)(H,16,17). The van der Waals surface area contributed by atoms with Crippen molar-refractivity contribution in [2.75, 3.05) is 6.54 Å². The molecule has 6 heteroatoms. The van der Waals surface area contributed by atoms with Gasteiger partial charge in [0, 0.05) is 0 Å². The molecule has 1 saturated heterocycles. The number of carbonyl (C=O) groups excluding carboxylic acids is 1. The molecule has 3 N–H and O–H groups in total. The van der Waals surface area contributed by atoms with Crippen LogP contribution in [0.5, 0.6) is 0 Å². The van der Waals surface area contributed by atoms with Crippen LogP contribution in [0.15, 0.2) is 16.5 Å². The third-order valence-corrected chi connectivity index (χ3v) is 3.12. The average Bonchev–Trinajstić information content (AvgIpc) is 2.94. The lowest BCUT2D eigenvalue weighted by atomic mass is 10.0. The SMILES string of the molecule is CC1CCNC1C(=O)NCc1ccc(C(=O)O)o1. The third-order valence-electron chi connectivity index (χ3n) is 3.12. The second kappa shape index (κ2) is 5.22. The quantitative estimate of drug-likeness (QED) is 0.729. The summed E-state index contributed by atoms with van der Waals surface area (Å²) in [6.45, 7) is 3.08. The molecule has 0 aromatic carbocycles. The Morgan fingerprint density at radius 3 is 2.89 bits per heavy atom. The van der Waals surface area contributed by atoms with E-state index in [1.807, 2.05) is 6.92 Å². The molecule has 0 radical (unpaired) electrons. The first-order chi connectivity index (χ1) is 8.58. The molecule has 1 aromatic heterocycles. The van der Waals surface area contributed by atoms with Gasteiger partial charge in [0.25, 0.3) is 0 Å². The van der Waals surface area contributed by atoms with Gasteiger partial charge in [-0.3, -0.25) is 4.79 Å². The van der Waals surface area contributed by atoms with Gasteiger partial charge in [-0.05, 0) is 31.0 Å². The molecule has 1 aliphatic rings. The van der Waals surface area contributed by atoms with Crippen LogP contribution >= 0.6 is 0 Å². The number of carboxylic acid groups (broad SMARTS) is 1. The predicted octanol–water partition coefficient (Wildman–Crippen LogP) is 0.592. The van der Waals surface area contributed by atoms with Gasteiger partial charge in [-0.1, -0.05) is 6.92 Å². The van der Waals surface area contributed by atoms with Crippen LogP contribution in [0.25, 0.3) is 0 Å². The van der Waals surface area contributed by atoms with Gasteiger partial charge in [0.05, 0.1) is 12.6 Å². The number of rotatable bonds is 4. The maximum Gasteiger partial charge on any atom is 0.371 e. The van der Waals surface area contributed by atoms with Crippen LogP contribution in [0.3, 0.4) is 0 Å². The summed E-state index contributed by atoms with van der Waals surface area (Å²) in [6.07, 6.45) is 0.988. The number of carbonyl (C=O) groups is 2. The van der Waals surface area contributed by atoms with E-state index in [1.165, 1.54) is 6.07 Å². The van der Waals surface area contributed by atoms with Crippen molar-refractivity contribution in [1.29, 1.82) is 0 Å². The molecule has 0 spiro atoms. The van der Waals surface area contributed by atoms with Crippen molar-refractivity contribution >= 4 is 11.9 Å². The van der Waals surface area contributed by atoms with Crippen molar-refractivity contribution in [3.8, 4) is 0 Å². The first-order valence-electron chi connectivity index (χ1n) is 5.91. The lowest BCUT2D eigenvalue weighted by Gasteiger charge is -2.14. The van der Waals surface area contributed by atoms with Crippen molar-refractivity contribution in [3.05, 3.63) is 23.7 Å². The number of carboxylic acids is 1. The van der Waals surface area contributed by atoms with Crippen LogP contribution in [-0.4, -0.2) is 29.6 Å². The summed E-state index contributed by atoms with van der Waals surface area (Å²) < 4.78 is 5.05. The highest BCUT2D eigenvalue weighted by Crippen LogP contribution is 2.14. The Morgan fingerprint density at radius 2 is 2.33 bits per heavy atom. The van der Waals surface area contributed by atoms with Crippen molar-refractivity contribution in [3.63, 3.8) is 0 Å². The molecule has 2 rings (SSSR count). The van der Waals surface area contributed by atoms with E-state index in [4.69, 9.17) is 9.52 Å². The highest BCUT2D eigenvalue weighted by molar-refractivity contribution is 5.84. The number of hydrogen-bond donors (Lipinski definition) is 3. The molecule has 1 aromatic rings. The minimum Gasteiger partial charge on any atom is -0.475 e. The Hall–Kier alpha value is -1.82. The molecule has 1 aliphatic heterocycles. The molecule has 0 bridgehead atoms. The summed E-state index contributed by atoms with van der Waals surface area (Å²) in [7, 11) is 0. The molecule has 2 heterocycles. The van der Waals surface area contributed by atoms with Gasteiger partial charge < -0.3 is 20.2 Å². The molecule has 98 valence electrons. The second-order valence-corrected chi connectivity index (χ2v) is 4.49. The van der Waals surface area contributed by atoms with Gasteiger partial charge in [0.2, 0.25) is 11.7 Å². The maximum atomic E-state index is 11.8. The van der Waals surface area contributed by atoms with Crippen molar-refractivity contribution in [2.24, 2.45) is 5.92 Å². The second-order valence-electron chi connectivity index (χ2n) is 4.49. The minimum atomic E-state index is -1.11. The highest BCUT2D eigenvalue weighted by Gasteiger charge is 2.28. The maximum absolute atomic E-state index is 11.8. The molecule has 1 amide bonds. The summed E-state index contributed by atoms with van der Waals surface area (Å²) in [5.41, 5.74) is 0. The van der Waals surface area contributed by atoms with Crippen LogP contribution in [0, 0.1) is 5.92 Å². The molecular formula is C12H16N2O4. The van der Waals surface area contributed by atoms with Crippen LogP contribution in [0.2, 0.25) is 0 Å². The molecule has 1 fully saturated rings. The predicted molar refractivity (Wildman–Crippen MR) is 63.1 cm³/mol. The molecule has 18 heavy (non-hydrogen) atoms. The van der Waals surface area contributed by atoms with Crippen molar-refractivity contribution in [2.45, 2.75) is 25.9 Å². The number of amides is 1. The van der Waals surface area contributed by atoms with Gasteiger partial charge in [0.15, 0.2) is 0 Å². The van der Waals surface area contributed by atoms with E-state index in [1.54, 1.807) is 6.07 Å². The summed E-state index contributed by atoms with van der Waals surface area (Å²) >= 11 is 0. The summed E-state index contributed by atoms with van der Waals surface area (Å²) in [4.78, 5) is 22.5. The Bertz CT molecular complexity index is 455. The van der Waals surface area contributed by atoms with E-state index in [0.717, 1.165) is 13.0 Å². The molecule has 6 nitrogen and oxygen atoms in total. The number of nitrogens with one attached hydrogen (secondary N) is 2. The molecule has 0 saturated carbocycles. The van der Waals surface area contributed by atoms with Gasteiger partial charge in [-0.25, -0.2) is 4.79 Å². The fourth-order valence-corrected chi connectivity index (χ4v) is 2.06. The van der Waals surface area contributed by atoms with E-state index in [0.29, 0.717) is 11.7 Å². The molecule has 2 unspecified atom stereocenters. The van der Waals surface area contributed by atoms with Gasteiger partial charge >= 0.3 is 5.97 Å². The summed E-state index contributed by atoms with van der Waals surface area (Å²) in [5, 5.41) is 14.6. The first-order valence-corrected chi connectivity index (χ1v) is 5.91. The Balaban J connectivity index is 1.87. The zero-order chi connectivity index (χ0) is 13.1. The number of aromatic carboxylic acids is 1. The summed E-state index contributed by atoms with van der Waals surface area (Å²) in [6, 6.07) is 2.76. The van der Waals surface area contributed by atoms with Crippen molar-refractivity contribution in [1.82, 2.24) is 10.6 Å². The first kappa shape index (κ1) is 12.6. The number of furan rings is 1. The van der Waals surface area contributed by atoms with Gasteiger partial charge in [-0.15, -0.1) is 0 Å². The van der Waals surface area contributed by atoms with E-state index >= 15 is 0 Å². The Labute approximate surface area is 104 Å². The zero-order valence-electron chi connectivity index (χ0n) is 10.1. The molecular weight excluding hydrogens is 236 g/mol. The van der Waals surface area contributed by atoms with Crippen LogP contribution < -0.4 is 10.6 Å². The Kier molecular flexibility index (Phi) is 3.66. The largest absolute Gasteiger partial charge is 0.475 e. The average molecular weight is 252 g/mol. The molecule has 2 atom stereocenters. The topological polar surface area (TPSA) is 91.6 Å². The fraction of sp³-hybridized carbons (Fsp3) is 0.500. The van der Waals surface area contributed by atoms with Gasteiger partial charge in [-0.2, -0.15) is 0 Å². The van der Waals surface area contributed by atoms with Gasteiger partial charge in [0.1, 0.15) is 5.76 Å².